The Balaban J connectivity index is 2.67. The Morgan fingerprint density at radius 3 is 2.00 bits per heavy atom. The van der Waals surface area contributed by atoms with Gasteiger partial charge in [-0.25, -0.2) is 4.57 Å². The van der Waals surface area contributed by atoms with Crippen molar-refractivity contribution in [3.05, 3.63) is 0 Å². The van der Waals surface area contributed by atoms with E-state index >= 15 is 0 Å². The third-order valence-electron chi connectivity index (χ3n) is 7.66. The lowest BCUT2D eigenvalue weighted by Gasteiger charge is -2.42. The molecule has 0 saturated carbocycles. The minimum absolute atomic E-state index is 0.00545. The Labute approximate surface area is 203 Å². The molecular formula is C26H52NO5P. The van der Waals surface area contributed by atoms with Crippen LogP contribution < -0.4 is 0 Å². The number of piperidine rings is 1. The first kappa shape index (κ1) is 30.6. The van der Waals surface area contributed by atoms with E-state index in [0.29, 0.717) is 38.3 Å². The highest BCUT2D eigenvalue weighted by molar-refractivity contribution is 7.47. The van der Waals surface area contributed by atoms with Gasteiger partial charge in [0.25, 0.3) is 0 Å². The van der Waals surface area contributed by atoms with Crippen molar-refractivity contribution in [3.63, 3.8) is 0 Å². The minimum atomic E-state index is -4.20. The van der Waals surface area contributed by atoms with Crippen LogP contribution in [0.3, 0.4) is 0 Å². The van der Waals surface area contributed by atoms with Crippen LogP contribution in [0.15, 0.2) is 0 Å². The Morgan fingerprint density at radius 2 is 1.55 bits per heavy atom. The van der Waals surface area contributed by atoms with Crippen LogP contribution in [0.25, 0.3) is 0 Å². The summed E-state index contributed by atoms with van der Waals surface area (Å²) in [5, 5.41) is 0. The van der Waals surface area contributed by atoms with Crippen molar-refractivity contribution < 1.29 is 23.3 Å². The molecule has 1 aliphatic rings. The van der Waals surface area contributed by atoms with Crippen molar-refractivity contribution in [3.8, 4) is 0 Å². The summed E-state index contributed by atoms with van der Waals surface area (Å²) in [4.78, 5) is 25.6. The second-order valence-corrected chi connectivity index (χ2v) is 14.3. The highest BCUT2D eigenvalue weighted by atomic mass is 31.2. The maximum atomic E-state index is 13.3. The monoisotopic (exact) mass is 489 g/mol. The molecule has 2 unspecified atom stereocenters. The van der Waals surface area contributed by atoms with Gasteiger partial charge in [-0.3, -0.25) is 13.8 Å². The van der Waals surface area contributed by atoms with Gasteiger partial charge in [-0.05, 0) is 56.3 Å². The molecule has 0 aromatic rings. The van der Waals surface area contributed by atoms with E-state index in [0.717, 1.165) is 19.3 Å². The fraction of sp³-hybridized carbons (Fsp3) is 0.962. The van der Waals surface area contributed by atoms with E-state index in [1.54, 1.807) is 0 Å². The molecule has 33 heavy (non-hydrogen) atoms. The van der Waals surface area contributed by atoms with Crippen molar-refractivity contribution in [2.24, 2.45) is 22.2 Å². The number of amides is 1. The lowest BCUT2D eigenvalue weighted by atomic mass is 9.67. The minimum Gasteiger partial charge on any atom is -0.342 e. The van der Waals surface area contributed by atoms with Crippen molar-refractivity contribution in [1.82, 2.24) is 4.90 Å². The number of carbonyl (C=O) groups is 1. The van der Waals surface area contributed by atoms with Gasteiger partial charge >= 0.3 is 7.82 Å². The molecule has 2 atom stereocenters. The first-order valence-corrected chi connectivity index (χ1v) is 14.3. The Hall–Kier alpha value is -0.420. The van der Waals surface area contributed by atoms with E-state index in [2.05, 4.69) is 48.5 Å². The van der Waals surface area contributed by atoms with E-state index in [9.17, 15) is 14.3 Å². The van der Waals surface area contributed by atoms with Crippen LogP contribution in [0.4, 0.5) is 0 Å². The van der Waals surface area contributed by atoms with E-state index < -0.39 is 18.8 Å². The molecule has 0 aliphatic carbocycles. The normalized spacial score (nSPS) is 19.9. The summed E-state index contributed by atoms with van der Waals surface area (Å²) in [5.41, 5.74) is -1.14. The molecule has 1 amide bonds. The maximum absolute atomic E-state index is 13.3. The fourth-order valence-electron chi connectivity index (χ4n) is 5.37. The maximum Gasteiger partial charge on any atom is 0.472 e. The molecule has 0 aromatic carbocycles. The number of hydrogen-bond acceptors (Lipinski definition) is 4. The van der Waals surface area contributed by atoms with Crippen molar-refractivity contribution in [2.45, 2.75) is 126 Å². The van der Waals surface area contributed by atoms with Gasteiger partial charge in [0.05, 0.1) is 11.7 Å². The van der Waals surface area contributed by atoms with Crippen molar-refractivity contribution in [1.29, 1.82) is 0 Å². The highest BCUT2D eigenvalue weighted by Crippen LogP contribution is 2.52. The first-order valence-electron chi connectivity index (χ1n) is 12.8. The largest absolute Gasteiger partial charge is 0.472 e. The van der Waals surface area contributed by atoms with Gasteiger partial charge in [0.15, 0.2) is 0 Å². The first-order chi connectivity index (χ1) is 14.8. The van der Waals surface area contributed by atoms with E-state index in [4.69, 9.17) is 9.05 Å². The lowest BCUT2D eigenvalue weighted by Crippen LogP contribution is -2.48. The fourth-order valence-corrected chi connectivity index (χ4v) is 6.69. The van der Waals surface area contributed by atoms with Crippen molar-refractivity contribution >= 4 is 13.7 Å². The zero-order valence-electron chi connectivity index (χ0n) is 23.3. The standard InChI is InChI=1S/C26H52NO5P/c1-12-20(3)24(6,7)19-25(8,9)22(28)27-16-14-21(15-17-27)31-33(29,30)32-26(10,11)18-23(4,5)13-2/h20-21H,12-19H2,1-11H3,(H,29,30). The molecule has 0 aromatic heterocycles. The summed E-state index contributed by atoms with van der Waals surface area (Å²) in [6.45, 7) is 24.1. The third kappa shape index (κ3) is 9.63. The number of phosphoric ester groups is 1. The molecule has 1 aliphatic heterocycles. The number of rotatable bonds is 12. The number of likely N-dealkylation sites (tertiary alicyclic amines) is 1. The molecule has 1 fully saturated rings. The van der Waals surface area contributed by atoms with Crippen LogP contribution in [0.2, 0.25) is 0 Å². The van der Waals surface area contributed by atoms with E-state index in [1.807, 2.05) is 32.6 Å². The van der Waals surface area contributed by atoms with Crippen LogP contribution in [0, 0.1) is 22.2 Å². The van der Waals surface area contributed by atoms with E-state index in [1.165, 1.54) is 0 Å². The molecule has 1 heterocycles. The Morgan fingerprint density at radius 1 is 1.03 bits per heavy atom. The summed E-state index contributed by atoms with van der Waals surface area (Å²) in [5.74, 6) is 0.693. The van der Waals surface area contributed by atoms with Crippen LogP contribution >= 0.6 is 7.82 Å². The topological polar surface area (TPSA) is 76.1 Å². The molecule has 7 heteroatoms. The smallest absolute Gasteiger partial charge is 0.342 e. The lowest BCUT2D eigenvalue weighted by molar-refractivity contribution is -0.144. The summed E-state index contributed by atoms with van der Waals surface area (Å²) in [6.07, 6.45) is 4.20. The molecule has 6 nitrogen and oxygen atoms in total. The average Bonchev–Trinajstić information content (AvgIpc) is 2.64. The predicted octanol–water partition coefficient (Wildman–Crippen LogP) is 7.20. The number of phosphoric acid groups is 1. The van der Waals surface area contributed by atoms with Crippen molar-refractivity contribution in [2.75, 3.05) is 13.1 Å². The second kappa shape index (κ2) is 11.1. The highest BCUT2D eigenvalue weighted by Gasteiger charge is 2.42. The van der Waals surface area contributed by atoms with E-state index in [-0.39, 0.29) is 22.8 Å². The van der Waals surface area contributed by atoms with Gasteiger partial charge in [-0.1, -0.05) is 75.2 Å². The Bertz CT molecular complexity index is 693. The summed E-state index contributed by atoms with van der Waals surface area (Å²) < 4.78 is 23.9. The predicted molar refractivity (Wildman–Crippen MR) is 136 cm³/mol. The molecular weight excluding hydrogens is 437 g/mol. The van der Waals surface area contributed by atoms with Gasteiger partial charge in [-0.2, -0.15) is 0 Å². The molecule has 0 radical (unpaired) electrons. The van der Waals surface area contributed by atoms with Gasteiger partial charge in [-0.15, -0.1) is 0 Å². The zero-order chi connectivity index (χ0) is 25.9. The van der Waals surface area contributed by atoms with Crippen LogP contribution in [-0.2, 0) is 18.4 Å². The van der Waals surface area contributed by atoms with Crippen LogP contribution in [0.1, 0.15) is 115 Å². The summed E-state index contributed by atoms with van der Waals surface area (Å²) >= 11 is 0. The third-order valence-corrected chi connectivity index (χ3v) is 8.95. The Kier molecular flexibility index (Phi) is 10.3. The molecule has 1 N–H and O–H groups in total. The molecule has 196 valence electrons. The van der Waals surface area contributed by atoms with Crippen LogP contribution in [0.5, 0.6) is 0 Å². The van der Waals surface area contributed by atoms with Gasteiger partial charge in [0, 0.05) is 18.5 Å². The SMILES string of the molecule is CCC(C)C(C)(C)CC(C)(C)C(=O)N1CCC(OP(=O)(O)OC(C)(C)CC(C)(C)CC)CC1. The second-order valence-electron chi connectivity index (χ2n) is 13.0. The number of hydrogen-bond donors (Lipinski definition) is 1. The summed E-state index contributed by atoms with van der Waals surface area (Å²) in [6, 6.07) is 0. The quantitative estimate of drug-likeness (QED) is 0.293. The van der Waals surface area contributed by atoms with Gasteiger partial charge < -0.3 is 9.79 Å². The molecule has 0 bridgehead atoms. The number of carbonyl (C=O) groups excluding carboxylic acids is 1. The average molecular weight is 490 g/mol. The van der Waals surface area contributed by atoms with Gasteiger partial charge in [0.2, 0.25) is 5.91 Å². The zero-order valence-corrected chi connectivity index (χ0v) is 24.2. The molecule has 0 spiro atoms. The van der Waals surface area contributed by atoms with Crippen LogP contribution in [-0.4, -0.2) is 40.5 Å². The van der Waals surface area contributed by atoms with Gasteiger partial charge in [0.1, 0.15) is 0 Å². The molecule has 1 rings (SSSR count). The summed E-state index contributed by atoms with van der Waals surface area (Å²) in [7, 11) is -4.20. The number of nitrogens with zero attached hydrogens (tertiary/aromatic N) is 1. The molecule has 1 saturated heterocycles.